The lowest BCUT2D eigenvalue weighted by Crippen LogP contribution is -2.57. The molecule has 1 N–H and O–H groups in total. The Hall–Kier alpha value is -3.00. The molecule has 0 unspecified atom stereocenters. The molecule has 3 aromatic rings. The zero-order valence-electron chi connectivity index (χ0n) is 15.3. The van der Waals surface area contributed by atoms with Crippen molar-refractivity contribution in [3.63, 3.8) is 0 Å². The van der Waals surface area contributed by atoms with E-state index >= 15 is 0 Å². The van der Waals surface area contributed by atoms with Crippen molar-refractivity contribution in [2.75, 3.05) is 16.3 Å². The normalized spacial score (nSPS) is 21.6. The standard InChI is InChI=1S/C22H23N5/c23-10-11-26-19-8-4-5-9-20(19)27(15-16-6-2-1-3-7-16)22-13-18-17(12-21(22)26)14-24-25-18/h1-3,6-7,12-14,19-20H,4-5,8-9,11,15H2,(H,24,25)/t19-,20+/m0/s1. The predicted octanol–water partition coefficient (Wildman–Crippen LogP) is 4.22. The fourth-order valence-electron chi connectivity index (χ4n) is 4.87. The lowest BCUT2D eigenvalue weighted by molar-refractivity contribution is 0.338. The number of hydrogen-bond acceptors (Lipinski definition) is 4. The highest BCUT2D eigenvalue weighted by atomic mass is 15.3. The molecule has 0 spiro atoms. The second-order valence-corrected chi connectivity index (χ2v) is 7.62. The van der Waals surface area contributed by atoms with Crippen LogP contribution in [0.1, 0.15) is 31.2 Å². The van der Waals surface area contributed by atoms with E-state index in [4.69, 9.17) is 0 Å². The van der Waals surface area contributed by atoms with Crippen molar-refractivity contribution < 1.29 is 0 Å². The third-order valence-electron chi connectivity index (χ3n) is 6.09. The van der Waals surface area contributed by atoms with Crippen molar-refractivity contribution in [3.05, 3.63) is 54.2 Å². The molecule has 0 amide bonds. The van der Waals surface area contributed by atoms with Crippen LogP contribution in [0, 0.1) is 11.3 Å². The van der Waals surface area contributed by atoms with Gasteiger partial charge in [-0.2, -0.15) is 10.4 Å². The van der Waals surface area contributed by atoms with Crippen LogP contribution in [0.4, 0.5) is 11.4 Å². The van der Waals surface area contributed by atoms with Crippen LogP contribution in [-0.4, -0.2) is 28.8 Å². The van der Waals surface area contributed by atoms with E-state index in [2.05, 4.69) is 68.5 Å². The number of rotatable bonds is 3. The summed E-state index contributed by atoms with van der Waals surface area (Å²) in [4.78, 5) is 4.91. The molecule has 1 saturated carbocycles. The highest BCUT2D eigenvalue weighted by Gasteiger charge is 2.40. The first-order valence-corrected chi connectivity index (χ1v) is 9.76. The summed E-state index contributed by atoms with van der Waals surface area (Å²) in [7, 11) is 0. The molecular weight excluding hydrogens is 334 g/mol. The first-order chi connectivity index (χ1) is 13.3. The van der Waals surface area contributed by atoms with E-state index in [1.807, 2.05) is 6.20 Å². The SMILES string of the molecule is N#CCN1c2cc3cn[nH]c3cc2N(Cc2ccccc2)[C@@H]2CCCC[C@@H]21. The number of benzene rings is 2. The minimum atomic E-state index is 0.402. The predicted molar refractivity (Wildman–Crippen MR) is 108 cm³/mol. The maximum absolute atomic E-state index is 9.48. The Morgan fingerprint density at radius 2 is 1.78 bits per heavy atom. The highest BCUT2D eigenvalue weighted by Crippen LogP contribution is 2.45. The molecule has 2 aliphatic rings. The Morgan fingerprint density at radius 3 is 2.56 bits per heavy atom. The molecule has 2 aromatic carbocycles. The molecule has 1 fully saturated rings. The van der Waals surface area contributed by atoms with Crippen LogP contribution in [0.25, 0.3) is 10.9 Å². The molecule has 0 saturated heterocycles. The molecule has 0 radical (unpaired) electrons. The van der Waals surface area contributed by atoms with E-state index in [1.54, 1.807) is 0 Å². The monoisotopic (exact) mass is 357 g/mol. The van der Waals surface area contributed by atoms with Crippen LogP contribution in [0.15, 0.2) is 48.7 Å². The number of fused-ring (bicyclic) bond motifs is 3. The molecule has 5 heteroatoms. The van der Waals surface area contributed by atoms with E-state index in [-0.39, 0.29) is 0 Å². The van der Waals surface area contributed by atoms with Gasteiger partial charge in [0.05, 0.1) is 35.2 Å². The first-order valence-electron chi connectivity index (χ1n) is 9.76. The molecule has 1 aromatic heterocycles. The van der Waals surface area contributed by atoms with Crippen LogP contribution in [-0.2, 0) is 6.54 Å². The molecule has 27 heavy (non-hydrogen) atoms. The van der Waals surface area contributed by atoms with Gasteiger partial charge in [0, 0.05) is 18.0 Å². The van der Waals surface area contributed by atoms with Gasteiger partial charge in [-0.3, -0.25) is 5.10 Å². The first kappa shape index (κ1) is 16.2. The smallest absolute Gasteiger partial charge is 0.106 e. The van der Waals surface area contributed by atoms with E-state index < -0.39 is 0 Å². The van der Waals surface area contributed by atoms with Crippen LogP contribution in [0.2, 0.25) is 0 Å². The average Bonchev–Trinajstić information content (AvgIpc) is 3.17. The quantitative estimate of drug-likeness (QED) is 0.713. The van der Waals surface area contributed by atoms with E-state index in [0.717, 1.165) is 23.9 Å². The van der Waals surface area contributed by atoms with Crippen molar-refractivity contribution in [2.24, 2.45) is 0 Å². The number of aromatic amines is 1. The molecule has 0 bridgehead atoms. The lowest BCUT2D eigenvalue weighted by Gasteiger charge is -2.51. The van der Waals surface area contributed by atoms with Crippen molar-refractivity contribution in [3.8, 4) is 6.07 Å². The number of nitrogens with one attached hydrogen (secondary N) is 1. The average molecular weight is 357 g/mol. The van der Waals surface area contributed by atoms with Crippen LogP contribution < -0.4 is 9.80 Å². The van der Waals surface area contributed by atoms with Crippen molar-refractivity contribution in [1.29, 1.82) is 5.26 Å². The fraction of sp³-hybridized carbons (Fsp3) is 0.364. The summed E-state index contributed by atoms with van der Waals surface area (Å²) < 4.78 is 0. The second-order valence-electron chi connectivity index (χ2n) is 7.62. The van der Waals surface area contributed by atoms with Crippen molar-refractivity contribution in [2.45, 2.75) is 44.3 Å². The Kier molecular flexibility index (Phi) is 3.97. The summed E-state index contributed by atoms with van der Waals surface area (Å²) in [5.41, 5.74) is 4.77. The van der Waals surface area contributed by atoms with E-state index in [1.165, 1.54) is 36.2 Å². The number of nitrogens with zero attached hydrogens (tertiary/aromatic N) is 4. The Balaban J connectivity index is 1.66. The summed E-state index contributed by atoms with van der Waals surface area (Å²) in [6, 6.07) is 18.4. The Morgan fingerprint density at radius 1 is 1.04 bits per heavy atom. The van der Waals surface area contributed by atoms with Gasteiger partial charge in [0.15, 0.2) is 0 Å². The number of hydrogen-bond donors (Lipinski definition) is 1. The van der Waals surface area contributed by atoms with Crippen LogP contribution >= 0.6 is 0 Å². The molecule has 2 heterocycles. The van der Waals surface area contributed by atoms with Crippen molar-refractivity contribution in [1.82, 2.24) is 10.2 Å². The fourth-order valence-corrected chi connectivity index (χ4v) is 4.87. The molecule has 1 aliphatic carbocycles. The Bertz CT molecular complexity index is 987. The van der Waals surface area contributed by atoms with Gasteiger partial charge in [-0.15, -0.1) is 0 Å². The zero-order valence-corrected chi connectivity index (χ0v) is 15.3. The summed E-state index contributed by atoms with van der Waals surface area (Å²) in [6.45, 7) is 1.34. The maximum Gasteiger partial charge on any atom is 0.106 e. The number of nitriles is 1. The van der Waals surface area contributed by atoms with Gasteiger partial charge < -0.3 is 9.80 Å². The highest BCUT2D eigenvalue weighted by molar-refractivity contribution is 5.91. The minimum Gasteiger partial charge on any atom is -0.360 e. The molecule has 5 nitrogen and oxygen atoms in total. The zero-order chi connectivity index (χ0) is 18.2. The van der Waals surface area contributed by atoms with Gasteiger partial charge in [0.2, 0.25) is 0 Å². The summed E-state index contributed by atoms with van der Waals surface area (Å²) in [6.07, 6.45) is 6.70. The number of H-pyrrole nitrogens is 1. The Labute approximate surface area is 159 Å². The van der Waals surface area contributed by atoms with Gasteiger partial charge in [0.25, 0.3) is 0 Å². The van der Waals surface area contributed by atoms with E-state index in [0.29, 0.717) is 18.6 Å². The molecular formula is C22H23N5. The van der Waals surface area contributed by atoms with Gasteiger partial charge in [-0.05, 0) is 30.5 Å². The number of aromatic nitrogens is 2. The van der Waals surface area contributed by atoms with Gasteiger partial charge in [-0.1, -0.05) is 43.2 Å². The van der Waals surface area contributed by atoms with Gasteiger partial charge in [-0.25, -0.2) is 0 Å². The second kappa shape index (κ2) is 6.62. The minimum absolute atomic E-state index is 0.402. The lowest BCUT2D eigenvalue weighted by atomic mass is 9.84. The molecule has 1 aliphatic heterocycles. The topological polar surface area (TPSA) is 59.0 Å². The van der Waals surface area contributed by atoms with Crippen LogP contribution in [0.3, 0.4) is 0 Å². The maximum atomic E-state index is 9.48. The summed E-state index contributed by atoms with van der Waals surface area (Å²) in [5, 5.41) is 17.9. The summed E-state index contributed by atoms with van der Waals surface area (Å²) in [5.74, 6) is 0. The van der Waals surface area contributed by atoms with Crippen LogP contribution in [0.5, 0.6) is 0 Å². The molecule has 5 rings (SSSR count). The van der Waals surface area contributed by atoms with Gasteiger partial charge >= 0.3 is 0 Å². The molecule has 2 atom stereocenters. The van der Waals surface area contributed by atoms with E-state index in [9.17, 15) is 5.26 Å². The number of anilines is 2. The largest absolute Gasteiger partial charge is 0.360 e. The third-order valence-corrected chi connectivity index (χ3v) is 6.09. The van der Waals surface area contributed by atoms with Gasteiger partial charge in [0.1, 0.15) is 6.54 Å². The molecule has 136 valence electrons. The third kappa shape index (κ3) is 2.73. The summed E-state index contributed by atoms with van der Waals surface area (Å²) >= 11 is 0. The van der Waals surface area contributed by atoms with Crippen molar-refractivity contribution >= 4 is 22.3 Å².